The van der Waals surface area contributed by atoms with Crippen molar-refractivity contribution < 1.29 is 0 Å². The second kappa shape index (κ2) is 12.1. The van der Waals surface area contributed by atoms with Gasteiger partial charge in [-0.3, -0.25) is 0 Å². The number of allylic oxidation sites excluding steroid dienone is 1. The van der Waals surface area contributed by atoms with Crippen molar-refractivity contribution in [3.63, 3.8) is 0 Å². The number of nitrogens with zero attached hydrogens (tertiary/aromatic N) is 2. The number of rotatable bonds is 4. The van der Waals surface area contributed by atoms with Crippen LogP contribution in [0, 0.1) is 13.8 Å². The molecule has 0 fully saturated rings. The maximum atomic E-state index is 2.65. The maximum absolute atomic E-state index is 2.65. The molecule has 2 nitrogen and oxygen atoms in total. The van der Waals surface area contributed by atoms with E-state index in [0.29, 0.717) is 0 Å². The molecule has 0 saturated heterocycles. The van der Waals surface area contributed by atoms with E-state index in [2.05, 4.69) is 169 Å². The van der Waals surface area contributed by atoms with E-state index in [1.165, 1.54) is 122 Å². The van der Waals surface area contributed by atoms with Gasteiger partial charge in [0.05, 0.1) is 16.6 Å². The lowest BCUT2D eigenvalue weighted by Gasteiger charge is -2.31. The highest BCUT2D eigenvalue weighted by molar-refractivity contribution is 6.14. The minimum Gasteiger partial charge on any atom is -0.313 e. The van der Waals surface area contributed by atoms with Crippen LogP contribution in [0.3, 0.4) is 0 Å². The van der Waals surface area contributed by atoms with Crippen molar-refractivity contribution in [1.82, 2.24) is 9.13 Å². The molecule has 0 radical (unpaired) electrons. The molecular weight excluding hydrogens is 677 g/mol. The summed E-state index contributed by atoms with van der Waals surface area (Å²) in [5.41, 5.74) is 26.5. The van der Waals surface area contributed by atoms with Gasteiger partial charge in [0.1, 0.15) is 0 Å². The highest BCUT2D eigenvalue weighted by Gasteiger charge is 2.34. The van der Waals surface area contributed by atoms with Gasteiger partial charge in [-0.25, -0.2) is 0 Å². The molecule has 2 heteroatoms. The number of benzene rings is 7. The molecule has 3 aliphatic carbocycles. The van der Waals surface area contributed by atoms with Gasteiger partial charge in [-0.15, -0.1) is 0 Å². The fourth-order valence-corrected chi connectivity index (χ4v) is 10.5. The number of fused-ring (bicyclic) bond motifs is 8. The van der Waals surface area contributed by atoms with Crippen molar-refractivity contribution in [1.29, 1.82) is 0 Å². The Morgan fingerprint density at radius 3 is 1.62 bits per heavy atom. The Morgan fingerprint density at radius 1 is 0.429 bits per heavy atom. The average molecular weight is 719 g/mol. The summed E-state index contributed by atoms with van der Waals surface area (Å²) in [7, 11) is 0. The van der Waals surface area contributed by atoms with Crippen molar-refractivity contribution in [3.8, 4) is 33.6 Å². The first-order chi connectivity index (χ1) is 27.6. The van der Waals surface area contributed by atoms with E-state index in [0.717, 1.165) is 38.5 Å². The standard InChI is InChI=1S/C54H42N2/c1-33-13-17-35(18-14-33)37-23-27-49-45(29-37)47-31-39-21-22-40-32-48-46-30-38(36-19-15-34(2)16-20-36)24-28-50(46)56(42-11-7-4-8-12-42)54(48)44-26-25-43(51(39)52(40)44)53(47)55(49)41-9-5-3-6-10-41/h3-20,23,27,29-32H,21-22,24-26,28H2,1-2H3. The molecule has 3 aliphatic rings. The smallest absolute Gasteiger partial charge is 0.0579 e. The molecule has 2 heterocycles. The third kappa shape index (κ3) is 4.62. The van der Waals surface area contributed by atoms with Gasteiger partial charge in [-0.2, -0.15) is 0 Å². The van der Waals surface area contributed by atoms with Gasteiger partial charge in [0, 0.05) is 38.8 Å². The highest BCUT2D eigenvalue weighted by Crippen LogP contribution is 2.52. The van der Waals surface area contributed by atoms with Crippen LogP contribution in [-0.2, 0) is 32.1 Å². The third-order valence-corrected chi connectivity index (χ3v) is 13.1. The number of aryl methyl sites for hydroxylation is 6. The molecule has 7 aromatic carbocycles. The van der Waals surface area contributed by atoms with Crippen LogP contribution in [0.1, 0.15) is 56.6 Å². The normalized spacial score (nSPS) is 14.3. The summed E-state index contributed by atoms with van der Waals surface area (Å²) in [5, 5.41) is 4.16. The molecule has 0 unspecified atom stereocenters. The average Bonchev–Trinajstić information content (AvgIpc) is 3.75. The highest BCUT2D eigenvalue weighted by atomic mass is 15.0. The first kappa shape index (κ1) is 31.9. The summed E-state index contributed by atoms with van der Waals surface area (Å²) >= 11 is 0. The van der Waals surface area contributed by atoms with E-state index in [1.807, 2.05) is 0 Å². The summed E-state index contributed by atoms with van der Waals surface area (Å²) < 4.78 is 5.22. The van der Waals surface area contributed by atoms with Crippen LogP contribution in [0.15, 0.2) is 140 Å². The van der Waals surface area contributed by atoms with Gasteiger partial charge in [0.15, 0.2) is 0 Å². The van der Waals surface area contributed by atoms with Crippen LogP contribution >= 0.6 is 0 Å². The van der Waals surface area contributed by atoms with Crippen LogP contribution < -0.4 is 0 Å². The van der Waals surface area contributed by atoms with Gasteiger partial charge in [0.25, 0.3) is 0 Å². The van der Waals surface area contributed by atoms with Crippen LogP contribution in [0.4, 0.5) is 0 Å². The maximum Gasteiger partial charge on any atom is 0.0579 e. The van der Waals surface area contributed by atoms with E-state index in [1.54, 1.807) is 0 Å². The van der Waals surface area contributed by atoms with Crippen LogP contribution in [0.25, 0.3) is 78.0 Å². The zero-order valence-electron chi connectivity index (χ0n) is 32.0. The van der Waals surface area contributed by atoms with Gasteiger partial charge < -0.3 is 9.13 Å². The molecule has 0 aliphatic heterocycles. The lowest BCUT2D eigenvalue weighted by molar-refractivity contribution is 0.870. The molecule has 0 bridgehead atoms. The Balaban J connectivity index is 1.14. The van der Waals surface area contributed by atoms with Crippen LogP contribution in [0.2, 0.25) is 0 Å². The number of hydrogen-bond donors (Lipinski definition) is 0. The monoisotopic (exact) mass is 718 g/mol. The first-order valence-corrected chi connectivity index (χ1v) is 20.4. The predicted molar refractivity (Wildman–Crippen MR) is 235 cm³/mol. The lowest BCUT2D eigenvalue weighted by atomic mass is 9.73. The van der Waals surface area contributed by atoms with Crippen molar-refractivity contribution in [2.45, 2.75) is 52.4 Å². The van der Waals surface area contributed by atoms with Gasteiger partial charge in [-0.05, 0) is 163 Å². The number of para-hydroxylation sites is 2. The second-order valence-electron chi connectivity index (χ2n) is 16.4. The third-order valence-electron chi connectivity index (χ3n) is 13.1. The minimum atomic E-state index is 1.02. The quantitative estimate of drug-likeness (QED) is 0.171. The largest absolute Gasteiger partial charge is 0.313 e. The molecule has 0 atom stereocenters. The van der Waals surface area contributed by atoms with E-state index in [-0.39, 0.29) is 0 Å². The van der Waals surface area contributed by atoms with E-state index in [4.69, 9.17) is 0 Å². The first-order valence-electron chi connectivity index (χ1n) is 20.4. The fourth-order valence-electron chi connectivity index (χ4n) is 10.5. The second-order valence-corrected chi connectivity index (χ2v) is 16.4. The fraction of sp³-hybridized carbons (Fsp3) is 0.148. The van der Waals surface area contributed by atoms with E-state index >= 15 is 0 Å². The minimum absolute atomic E-state index is 1.02. The molecule has 0 N–H and O–H groups in total. The van der Waals surface area contributed by atoms with Crippen molar-refractivity contribution >= 4 is 44.4 Å². The van der Waals surface area contributed by atoms with Crippen molar-refractivity contribution in [2.24, 2.45) is 0 Å². The Bertz CT molecular complexity index is 3100. The molecule has 12 rings (SSSR count). The molecule has 0 amide bonds. The van der Waals surface area contributed by atoms with Gasteiger partial charge in [-0.1, -0.05) is 102 Å². The zero-order chi connectivity index (χ0) is 37.1. The lowest BCUT2D eigenvalue weighted by Crippen LogP contribution is -2.16. The summed E-state index contributed by atoms with van der Waals surface area (Å²) in [5.74, 6) is 0. The van der Waals surface area contributed by atoms with Crippen LogP contribution in [0.5, 0.6) is 0 Å². The van der Waals surface area contributed by atoms with Gasteiger partial charge in [0.2, 0.25) is 0 Å². The Kier molecular flexibility index (Phi) is 6.87. The van der Waals surface area contributed by atoms with E-state index < -0.39 is 0 Å². The topological polar surface area (TPSA) is 9.86 Å². The number of hydrogen-bond acceptors (Lipinski definition) is 0. The van der Waals surface area contributed by atoms with Crippen molar-refractivity contribution in [2.75, 3.05) is 0 Å². The molecule has 56 heavy (non-hydrogen) atoms. The summed E-state index contributed by atoms with van der Waals surface area (Å²) in [6.07, 6.45) is 8.80. The molecule has 268 valence electrons. The summed E-state index contributed by atoms with van der Waals surface area (Å²) in [4.78, 5) is 0. The SMILES string of the molecule is Cc1ccc(C2=Cc3c(n(-c4ccccc4)c4c5c6c(cc34)CCc3cc4c7cc(-c8ccc(C)cc8)ccc7n(-c7ccccc7)c4c(c3-6)CC5)CC2)cc1. The van der Waals surface area contributed by atoms with E-state index in [9.17, 15) is 0 Å². The predicted octanol–water partition coefficient (Wildman–Crippen LogP) is 13.4. The van der Waals surface area contributed by atoms with Crippen molar-refractivity contribution in [3.05, 3.63) is 190 Å². The zero-order valence-corrected chi connectivity index (χ0v) is 32.0. The Morgan fingerprint density at radius 2 is 0.982 bits per heavy atom. The molecule has 0 spiro atoms. The molecular formula is C54H42N2. The molecule has 2 aromatic heterocycles. The Labute approximate surface area is 328 Å². The van der Waals surface area contributed by atoms with Crippen LogP contribution in [-0.4, -0.2) is 9.13 Å². The van der Waals surface area contributed by atoms with Gasteiger partial charge >= 0.3 is 0 Å². The number of aromatic nitrogens is 2. The molecule has 9 aromatic rings. The summed E-state index contributed by atoms with van der Waals surface area (Å²) in [6.45, 7) is 4.34. The summed E-state index contributed by atoms with van der Waals surface area (Å²) in [6, 6.07) is 52.6. The molecule has 0 saturated carbocycles. The Hall–Kier alpha value is -6.38.